The number of thiophene rings is 1. The average molecular weight is 655 g/mol. The maximum absolute atomic E-state index is 13.5. The van der Waals surface area contributed by atoms with Gasteiger partial charge >= 0.3 is 0 Å². The van der Waals surface area contributed by atoms with Crippen LogP contribution in [-0.4, -0.2) is 23.0 Å². The highest BCUT2D eigenvalue weighted by Gasteiger charge is 2.25. The Hall–Kier alpha value is -4.36. The average Bonchev–Trinajstić information content (AvgIpc) is 3.41. The van der Waals surface area contributed by atoms with Gasteiger partial charge in [-0.15, -0.1) is 23.1 Å². The fraction of sp³-hybridized carbons (Fsp3) is 0.200. The zero-order valence-corrected chi connectivity index (χ0v) is 27.0. The Balaban J connectivity index is 1.31. The summed E-state index contributed by atoms with van der Waals surface area (Å²) in [4.78, 5) is 41.8. The van der Waals surface area contributed by atoms with Gasteiger partial charge in [0.25, 0.3) is 11.8 Å². The Kier molecular flexibility index (Phi) is 10.7. The Bertz CT molecular complexity index is 1800. The largest absolute Gasteiger partial charge is 0.321 e. The second-order valence-electron chi connectivity index (χ2n) is 10.4. The number of hydrogen-bond donors (Lipinski definition) is 3. The van der Waals surface area contributed by atoms with Crippen LogP contribution in [0.3, 0.4) is 0 Å². The second-order valence-corrected chi connectivity index (χ2v) is 13.2. The molecule has 5 rings (SSSR count). The molecule has 3 aromatic carbocycles. The van der Waals surface area contributed by atoms with Crippen LogP contribution in [0.4, 0.5) is 10.7 Å². The highest BCUT2D eigenvalue weighted by Crippen LogP contribution is 2.38. The van der Waals surface area contributed by atoms with E-state index < -0.39 is 17.1 Å². The van der Waals surface area contributed by atoms with E-state index in [1.165, 1.54) is 34.1 Å². The molecule has 10 heteroatoms. The van der Waals surface area contributed by atoms with Crippen molar-refractivity contribution in [1.29, 1.82) is 5.26 Å². The van der Waals surface area contributed by atoms with Gasteiger partial charge < -0.3 is 16.0 Å². The number of benzene rings is 3. The van der Waals surface area contributed by atoms with Gasteiger partial charge in [0.05, 0.1) is 10.8 Å². The van der Waals surface area contributed by atoms with Gasteiger partial charge in [-0.3, -0.25) is 14.4 Å². The standard InChI is InChI=1S/C35H31ClN4O3S2/c1-2-30(34(43)40-35-27(21-37)26-16-7-9-18-31(26)45-35)44-25-15-10-14-24(20-25)38-33(42)29(19-23-13-6-8-17-28(23)36)39-32(41)22-11-4-3-5-12-22/h3-6,8,10-15,17,19-20,30H,2,7,9,16,18H2,1H3,(H,38,42)(H,39,41)(H,40,43)/b29-19+. The summed E-state index contributed by atoms with van der Waals surface area (Å²) in [6.45, 7) is 1.94. The van der Waals surface area contributed by atoms with E-state index in [-0.39, 0.29) is 11.6 Å². The number of aryl methyl sites for hydroxylation is 1. The van der Waals surface area contributed by atoms with Gasteiger partial charge in [0.2, 0.25) is 5.91 Å². The van der Waals surface area contributed by atoms with Crippen molar-refractivity contribution in [3.8, 4) is 6.07 Å². The maximum Gasteiger partial charge on any atom is 0.272 e. The van der Waals surface area contributed by atoms with Crippen LogP contribution >= 0.6 is 34.7 Å². The van der Waals surface area contributed by atoms with Gasteiger partial charge in [-0.2, -0.15) is 5.26 Å². The fourth-order valence-electron chi connectivity index (χ4n) is 4.99. The molecule has 1 unspecified atom stereocenters. The summed E-state index contributed by atoms with van der Waals surface area (Å²) in [5, 5.41) is 19.0. The number of halogens is 1. The van der Waals surface area contributed by atoms with E-state index >= 15 is 0 Å². The first-order valence-electron chi connectivity index (χ1n) is 14.6. The lowest BCUT2D eigenvalue weighted by Crippen LogP contribution is -2.30. The van der Waals surface area contributed by atoms with Gasteiger partial charge in [0.1, 0.15) is 16.8 Å². The van der Waals surface area contributed by atoms with E-state index in [0.29, 0.717) is 38.8 Å². The first kappa shape index (κ1) is 32.0. The van der Waals surface area contributed by atoms with Gasteiger partial charge in [0.15, 0.2) is 0 Å². The van der Waals surface area contributed by atoms with Crippen molar-refractivity contribution in [2.45, 2.75) is 49.2 Å². The molecule has 45 heavy (non-hydrogen) atoms. The maximum atomic E-state index is 13.5. The number of carbonyl (C=O) groups is 3. The smallest absolute Gasteiger partial charge is 0.272 e. The van der Waals surface area contributed by atoms with E-state index in [0.717, 1.165) is 36.1 Å². The summed E-state index contributed by atoms with van der Waals surface area (Å²) in [6, 6.07) is 25.2. The monoisotopic (exact) mass is 654 g/mol. The van der Waals surface area contributed by atoms with E-state index in [1.807, 2.05) is 13.0 Å². The number of rotatable bonds is 10. The van der Waals surface area contributed by atoms with Crippen LogP contribution in [0.15, 0.2) is 89.5 Å². The highest BCUT2D eigenvalue weighted by molar-refractivity contribution is 8.00. The predicted molar refractivity (Wildman–Crippen MR) is 183 cm³/mol. The van der Waals surface area contributed by atoms with Crippen molar-refractivity contribution < 1.29 is 14.4 Å². The molecule has 3 amide bonds. The number of carbonyl (C=O) groups excluding carboxylic acids is 3. The van der Waals surface area contributed by atoms with Gasteiger partial charge in [-0.05, 0) is 85.7 Å². The molecule has 0 bridgehead atoms. The number of nitriles is 1. The third kappa shape index (κ3) is 8.03. The second kappa shape index (κ2) is 15.1. The predicted octanol–water partition coefficient (Wildman–Crippen LogP) is 8.07. The van der Waals surface area contributed by atoms with E-state index in [9.17, 15) is 19.6 Å². The third-order valence-electron chi connectivity index (χ3n) is 7.29. The molecule has 0 saturated carbocycles. The van der Waals surface area contributed by atoms with Crippen LogP contribution in [0.5, 0.6) is 0 Å². The first-order chi connectivity index (χ1) is 21.9. The van der Waals surface area contributed by atoms with E-state index in [1.54, 1.807) is 72.8 Å². The minimum absolute atomic E-state index is 0.0211. The first-order valence-corrected chi connectivity index (χ1v) is 16.7. The molecule has 0 aliphatic heterocycles. The topological polar surface area (TPSA) is 111 Å². The number of hydrogen-bond acceptors (Lipinski definition) is 6. The molecule has 1 heterocycles. The van der Waals surface area contributed by atoms with E-state index in [2.05, 4.69) is 22.0 Å². The van der Waals surface area contributed by atoms with Crippen LogP contribution < -0.4 is 16.0 Å². The molecule has 7 nitrogen and oxygen atoms in total. The third-order valence-corrected chi connectivity index (χ3v) is 10.2. The Morgan fingerprint density at radius 3 is 2.51 bits per heavy atom. The van der Waals surface area contributed by atoms with Crippen LogP contribution in [0.1, 0.15) is 58.1 Å². The lowest BCUT2D eigenvalue weighted by Gasteiger charge is -2.16. The quantitative estimate of drug-likeness (QED) is 0.118. The number of fused-ring (bicyclic) bond motifs is 1. The van der Waals surface area contributed by atoms with Crippen molar-refractivity contribution in [1.82, 2.24) is 5.32 Å². The van der Waals surface area contributed by atoms with Crippen molar-refractivity contribution in [3.63, 3.8) is 0 Å². The minimum atomic E-state index is -0.531. The van der Waals surface area contributed by atoms with Crippen molar-refractivity contribution in [2.24, 2.45) is 0 Å². The molecule has 1 atom stereocenters. The molecule has 0 saturated heterocycles. The number of thioether (sulfide) groups is 1. The Labute approximate surface area is 275 Å². The summed E-state index contributed by atoms with van der Waals surface area (Å²) in [6.07, 6.45) is 6.08. The van der Waals surface area contributed by atoms with Crippen LogP contribution in [-0.2, 0) is 22.4 Å². The lowest BCUT2D eigenvalue weighted by atomic mass is 9.96. The SMILES string of the molecule is CCC(Sc1cccc(NC(=O)/C(=C\c2ccccc2Cl)NC(=O)c2ccccc2)c1)C(=O)Nc1sc2c(c1C#N)CCCC2. The zero-order chi connectivity index (χ0) is 31.8. The van der Waals surface area contributed by atoms with Crippen molar-refractivity contribution >= 4 is 69.2 Å². The summed E-state index contributed by atoms with van der Waals surface area (Å²) in [7, 11) is 0. The fourth-order valence-corrected chi connectivity index (χ4v) is 7.43. The van der Waals surface area contributed by atoms with E-state index in [4.69, 9.17) is 11.6 Å². The number of nitrogens with zero attached hydrogens (tertiary/aromatic N) is 1. The number of amides is 3. The highest BCUT2D eigenvalue weighted by atomic mass is 35.5. The number of anilines is 2. The molecular weight excluding hydrogens is 624 g/mol. The van der Waals surface area contributed by atoms with Crippen molar-refractivity contribution in [2.75, 3.05) is 10.6 Å². The summed E-state index contributed by atoms with van der Waals surface area (Å²) >= 11 is 9.24. The van der Waals surface area contributed by atoms with Gasteiger partial charge in [-0.1, -0.05) is 61.0 Å². The molecule has 0 fully saturated rings. The van der Waals surface area contributed by atoms with Crippen LogP contribution in [0.2, 0.25) is 5.02 Å². The molecule has 1 aliphatic carbocycles. The molecule has 228 valence electrons. The number of nitrogens with one attached hydrogen (secondary N) is 3. The molecule has 3 N–H and O–H groups in total. The summed E-state index contributed by atoms with van der Waals surface area (Å²) < 4.78 is 0. The molecule has 1 aromatic heterocycles. The molecule has 0 spiro atoms. The summed E-state index contributed by atoms with van der Waals surface area (Å²) in [5.74, 6) is -1.13. The van der Waals surface area contributed by atoms with Gasteiger partial charge in [0, 0.05) is 26.0 Å². The molecule has 4 aromatic rings. The molecular formula is C35H31ClN4O3S2. The normalized spacial score (nSPS) is 13.2. The lowest BCUT2D eigenvalue weighted by molar-refractivity contribution is -0.116. The zero-order valence-electron chi connectivity index (χ0n) is 24.6. The molecule has 0 radical (unpaired) electrons. The van der Waals surface area contributed by atoms with Crippen LogP contribution in [0, 0.1) is 11.3 Å². The van der Waals surface area contributed by atoms with Crippen molar-refractivity contribution in [3.05, 3.63) is 117 Å². The Morgan fingerprint density at radius 2 is 1.76 bits per heavy atom. The van der Waals surface area contributed by atoms with Crippen LogP contribution in [0.25, 0.3) is 6.08 Å². The summed E-state index contributed by atoms with van der Waals surface area (Å²) in [5.41, 5.74) is 3.17. The molecule has 1 aliphatic rings. The van der Waals surface area contributed by atoms with Gasteiger partial charge in [-0.25, -0.2) is 0 Å². The Morgan fingerprint density at radius 1 is 1.00 bits per heavy atom. The minimum Gasteiger partial charge on any atom is -0.321 e.